The molecule has 0 aliphatic rings. The van der Waals surface area contributed by atoms with Crippen LogP contribution in [0.2, 0.25) is 0 Å². The lowest BCUT2D eigenvalue weighted by molar-refractivity contribution is -0.385. The third-order valence-corrected chi connectivity index (χ3v) is 5.20. The molecule has 0 bridgehead atoms. The molecule has 2 atom stereocenters. The van der Waals surface area contributed by atoms with Crippen LogP contribution in [0.4, 0.5) is 5.69 Å². The molecular formula is C17H18BrNO2. The molecule has 4 heteroatoms. The van der Waals surface area contributed by atoms with Crippen LogP contribution in [0.5, 0.6) is 0 Å². The zero-order valence-electron chi connectivity index (χ0n) is 12.1. The molecule has 0 saturated heterocycles. The first kappa shape index (κ1) is 15.7. The number of rotatable bonds is 5. The monoisotopic (exact) mass is 347 g/mol. The lowest BCUT2D eigenvalue weighted by Gasteiger charge is -2.19. The van der Waals surface area contributed by atoms with E-state index in [2.05, 4.69) is 35.0 Å². The van der Waals surface area contributed by atoms with Gasteiger partial charge < -0.3 is 0 Å². The normalized spacial score (nSPS) is 13.7. The van der Waals surface area contributed by atoms with Gasteiger partial charge in [0, 0.05) is 16.5 Å². The Morgan fingerprint density at radius 2 is 1.81 bits per heavy atom. The van der Waals surface area contributed by atoms with Gasteiger partial charge in [0.05, 0.1) is 4.92 Å². The fraction of sp³-hybridized carbons (Fsp3) is 0.294. The van der Waals surface area contributed by atoms with Crippen molar-refractivity contribution in [1.82, 2.24) is 0 Å². The lowest BCUT2D eigenvalue weighted by atomic mass is 9.91. The average molecular weight is 348 g/mol. The van der Waals surface area contributed by atoms with Gasteiger partial charge in [0.25, 0.3) is 5.69 Å². The highest BCUT2D eigenvalue weighted by Crippen LogP contribution is 2.34. The number of nitro benzene ring substituents is 1. The molecule has 0 aliphatic carbocycles. The van der Waals surface area contributed by atoms with Gasteiger partial charge in [-0.25, -0.2) is 0 Å². The summed E-state index contributed by atoms with van der Waals surface area (Å²) >= 11 is 3.75. The number of benzene rings is 2. The smallest absolute Gasteiger partial charge is 0.258 e. The summed E-state index contributed by atoms with van der Waals surface area (Å²) in [5, 5.41) is 11.0. The Morgan fingerprint density at radius 1 is 1.14 bits per heavy atom. The number of alkyl halides is 1. The van der Waals surface area contributed by atoms with Crippen LogP contribution in [0.3, 0.4) is 0 Å². The molecule has 0 fully saturated rings. The summed E-state index contributed by atoms with van der Waals surface area (Å²) in [7, 11) is 0. The maximum atomic E-state index is 11.0. The third-order valence-electron chi connectivity index (χ3n) is 3.77. The fourth-order valence-electron chi connectivity index (χ4n) is 2.50. The molecule has 0 spiro atoms. The van der Waals surface area contributed by atoms with Gasteiger partial charge in [0.1, 0.15) is 0 Å². The summed E-state index contributed by atoms with van der Waals surface area (Å²) in [4.78, 5) is 10.9. The van der Waals surface area contributed by atoms with Gasteiger partial charge in [-0.2, -0.15) is 0 Å². The quantitative estimate of drug-likeness (QED) is 0.422. The third kappa shape index (κ3) is 3.70. The Labute approximate surface area is 133 Å². The SMILES string of the molecule is Cc1c(CC(C)C(Br)c2ccccc2)cccc1[N+](=O)[O-]. The molecule has 0 aromatic heterocycles. The second-order valence-corrected chi connectivity index (χ2v) is 6.30. The molecule has 3 nitrogen and oxygen atoms in total. The van der Waals surface area contributed by atoms with Crippen LogP contribution < -0.4 is 0 Å². The van der Waals surface area contributed by atoms with Crippen molar-refractivity contribution in [2.75, 3.05) is 0 Å². The van der Waals surface area contributed by atoms with Crippen LogP contribution in [-0.2, 0) is 6.42 Å². The molecule has 0 N–H and O–H groups in total. The van der Waals surface area contributed by atoms with E-state index in [1.54, 1.807) is 12.1 Å². The summed E-state index contributed by atoms with van der Waals surface area (Å²) in [6, 6.07) is 15.5. The topological polar surface area (TPSA) is 43.1 Å². The standard InChI is InChI=1S/C17H18BrNO2/c1-12(17(18)14-7-4-3-5-8-14)11-15-9-6-10-16(13(15)2)19(20)21/h3-10,12,17H,11H2,1-2H3. The van der Waals surface area contributed by atoms with Gasteiger partial charge in [0.15, 0.2) is 0 Å². The average Bonchev–Trinajstić information content (AvgIpc) is 2.49. The van der Waals surface area contributed by atoms with Gasteiger partial charge in [-0.05, 0) is 30.4 Å². The number of hydrogen-bond donors (Lipinski definition) is 0. The zero-order chi connectivity index (χ0) is 15.4. The Morgan fingerprint density at radius 3 is 2.43 bits per heavy atom. The van der Waals surface area contributed by atoms with Gasteiger partial charge in [-0.3, -0.25) is 10.1 Å². The molecule has 110 valence electrons. The molecule has 0 heterocycles. The summed E-state index contributed by atoms with van der Waals surface area (Å²) in [6.07, 6.45) is 0.804. The van der Waals surface area contributed by atoms with Crippen molar-refractivity contribution in [2.45, 2.75) is 25.1 Å². The minimum absolute atomic E-state index is 0.200. The maximum absolute atomic E-state index is 11.0. The highest BCUT2D eigenvalue weighted by Gasteiger charge is 2.19. The van der Waals surface area contributed by atoms with Gasteiger partial charge in [-0.15, -0.1) is 0 Å². The number of nitrogens with zero attached hydrogens (tertiary/aromatic N) is 1. The van der Waals surface area contributed by atoms with E-state index in [0.29, 0.717) is 5.92 Å². The molecule has 0 radical (unpaired) electrons. The molecule has 0 aliphatic heterocycles. The van der Waals surface area contributed by atoms with E-state index in [0.717, 1.165) is 17.5 Å². The van der Waals surface area contributed by atoms with Crippen LogP contribution in [-0.4, -0.2) is 4.92 Å². The van der Waals surface area contributed by atoms with Crippen molar-refractivity contribution < 1.29 is 4.92 Å². The Hall–Kier alpha value is -1.68. The molecule has 0 saturated carbocycles. The lowest BCUT2D eigenvalue weighted by Crippen LogP contribution is -2.08. The van der Waals surface area contributed by atoms with Crippen LogP contribution in [0.25, 0.3) is 0 Å². The van der Waals surface area contributed by atoms with Crippen molar-refractivity contribution in [1.29, 1.82) is 0 Å². The highest BCUT2D eigenvalue weighted by molar-refractivity contribution is 9.09. The van der Waals surface area contributed by atoms with E-state index < -0.39 is 0 Å². The Balaban J connectivity index is 2.18. The first-order chi connectivity index (χ1) is 10.0. The van der Waals surface area contributed by atoms with Crippen molar-refractivity contribution in [3.05, 3.63) is 75.3 Å². The van der Waals surface area contributed by atoms with Crippen molar-refractivity contribution in [3.8, 4) is 0 Å². The predicted octanol–water partition coefficient (Wildman–Crippen LogP) is 5.22. The largest absolute Gasteiger partial charge is 0.272 e. The van der Waals surface area contributed by atoms with Crippen molar-refractivity contribution in [3.63, 3.8) is 0 Å². The van der Waals surface area contributed by atoms with Crippen LogP contribution >= 0.6 is 15.9 Å². The minimum atomic E-state index is -0.313. The molecular weight excluding hydrogens is 330 g/mol. The highest BCUT2D eigenvalue weighted by atomic mass is 79.9. The summed E-state index contributed by atoms with van der Waals surface area (Å²) < 4.78 is 0. The molecule has 21 heavy (non-hydrogen) atoms. The zero-order valence-corrected chi connectivity index (χ0v) is 13.7. The Kier molecular flexibility index (Phi) is 5.12. The van der Waals surface area contributed by atoms with Crippen LogP contribution in [0, 0.1) is 23.0 Å². The molecule has 2 aromatic carbocycles. The first-order valence-electron chi connectivity index (χ1n) is 6.92. The molecule has 2 aromatic rings. The van der Waals surface area contributed by atoms with E-state index in [-0.39, 0.29) is 15.4 Å². The number of hydrogen-bond acceptors (Lipinski definition) is 2. The summed E-state index contributed by atoms with van der Waals surface area (Å²) in [5.41, 5.74) is 3.23. The first-order valence-corrected chi connectivity index (χ1v) is 7.84. The summed E-state index contributed by atoms with van der Waals surface area (Å²) in [6.45, 7) is 3.98. The van der Waals surface area contributed by atoms with Crippen molar-refractivity contribution in [2.24, 2.45) is 5.92 Å². The minimum Gasteiger partial charge on any atom is -0.258 e. The van der Waals surface area contributed by atoms with Crippen LogP contribution in [0.1, 0.15) is 28.4 Å². The fourth-order valence-corrected chi connectivity index (χ4v) is 3.00. The van der Waals surface area contributed by atoms with E-state index in [1.165, 1.54) is 5.56 Å². The predicted molar refractivity (Wildman–Crippen MR) is 88.8 cm³/mol. The molecule has 2 unspecified atom stereocenters. The maximum Gasteiger partial charge on any atom is 0.272 e. The van der Waals surface area contributed by atoms with E-state index >= 15 is 0 Å². The van der Waals surface area contributed by atoms with Gasteiger partial charge in [0.2, 0.25) is 0 Å². The van der Waals surface area contributed by atoms with Gasteiger partial charge in [-0.1, -0.05) is 65.3 Å². The van der Waals surface area contributed by atoms with E-state index in [1.807, 2.05) is 31.2 Å². The van der Waals surface area contributed by atoms with Crippen molar-refractivity contribution >= 4 is 21.6 Å². The van der Waals surface area contributed by atoms with E-state index in [4.69, 9.17) is 0 Å². The number of halogens is 1. The van der Waals surface area contributed by atoms with E-state index in [9.17, 15) is 10.1 Å². The summed E-state index contributed by atoms with van der Waals surface area (Å²) in [5.74, 6) is 0.341. The second kappa shape index (κ2) is 6.85. The molecule has 2 rings (SSSR count). The second-order valence-electron chi connectivity index (χ2n) is 5.31. The number of nitro groups is 1. The molecule has 0 amide bonds. The van der Waals surface area contributed by atoms with Gasteiger partial charge >= 0.3 is 0 Å². The van der Waals surface area contributed by atoms with Crippen LogP contribution in [0.15, 0.2) is 48.5 Å². The Bertz CT molecular complexity index is 628.